The Morgan fingerprint density at radius 2 is 1.64 bits per heavy atom. The molecular formula is C29H30FN5O6S. The number of anilines is 1. The summed E-state index contributed by atoms with van der Waals surface area (Å²) in [6.07, 6.45) is -0.574. The highest BCUT2D eigenvalue weighted by atomic mass is 32.2. The number of para-hydroxylation sites is 1. The molecule has 2 aromatic carbocycles. The fourth-order valence-corrected chi connectivity index (χ4v) is 5.30. The summed E-state index contributed by atoms with van der Waals surface area (Å²) in [7, 11) is -4.10. The summed E-state index contributed by atoms with van der Waals surface area (Å²) in [4.78, 5) is 45.7. The van der Waals surface area contributed by atoms with Crippen LogP contribution < -0.4 is 10.5 Å². The number of hydrogen-bond acceptors (Lipinski definition) is 7. The van der Waals surface area contributed by atoms with Crippen LogP contribution in [0, 0.1) is 11.2 Å². The molecular weight excluding hydrogens is 565 g/mol. The normalized spacial score (nSPS) is 15.3. The Bertz CT molecular complexity index is 1750. The smallest absolute Gasteiger partial charge is 0.410 e. The standard InChI is InChI=1S/C29H30FN5O6S/c1-29(2,3)27(37)33-24-10-17-6-4-5-7-23(17)32-25(24)16-41-28(38)35-14-18-12-34(13-19(18)15-35)26(36)21-9-8-20(11-22(21)30)42(31,39)40/h4-11H,12-16H2,1-3H3,(H,33,37)(H2,31,39,40). The number of sulfonamides is 1. The van der Waals surface area contributed by atoms with E-state index in [1.54, 1.807) is 26.8 Å². The van der Waals surface area contributed by atoms with E-state index in [1.807, 2.05) is 24.3 Å². The number of rotatable bonds is 5. The summed E-state index contributed by atoms with van der Waals surface area (Å²) in [5.41, 5.74) is 2.36. The van der Waals surface area contributed by atoms with Gasteiger partial charge in [0.05, 0.1) is 21.7 Å². The molecule has 220 valence electrons. The van der Waals surface area contributed by atoms with Crippen LogP contribution in [-0.4, -0.2) is 67.3 Å². The van der Waals surface area contributed by atoms with Crippen molar-refractivity contribution in [1.82, 2.24) is 14.8 Å². The van der Waals surface area contributed by atoms with Gasteiger partial charge in [0.1, 0.15) is 18.1 Å². The number of pyridine rings is 1. The van der Waals surface area contributed by atoms with Gasteiger partial charge in [-0.05, 0) is 41.5 Å². The average molecular weight is 596 g/mol. The molecule has 2 aliphatic rings. The van der Waals surface area contributed by atoms with E-state index in [2.05, 4.69) is 10.3 Å². The second kappa shape index (κ2) is 10.8. The number of carbonyl (C=O) groups is 3. The molecule has 5 rings (SSSR count). The lowest BCUT2D eigenvalue weighted by atomic mass is 9.95. The van der Waals surface area contributed by atoms with Crippen LogP contribution >= 0.6 is 0 Å². The van der Waals surface area contributed by atoms with E-state index >= 15 is 0 Å². The van der Waals surface area contributed by atoms with Gasteiger partial charge in [-0.2, -0.15) is 0 Å². The topological polar surface area (TPSA) is 152 Å². The molecule has 2 aliphatic heterocycles. The molecule has 0 atom stereocenters. The van der Waals surface area contributed by atoms with Crippen molar-refractivity contribution in [2.75, 3.05) is 31.5 Å². The van der Waals surface area contributed by atoms with Crippen molar-refractivity contribution in [3.63, 3.8) is 0 Å². The summed E-state index contributed by atoms with van der Waals surface area (Å²) >= 11 is 0. The minimum atomic E-state index is -4.10. The molecule has 3 aromatic rings. The predicted octanol–water partition coefficient (Wildman–Crippen LogP) is 3.41. The Morgan fingerprint density at radius 1 is 1.00 bits per heavy atom. The third-order valence-electron chi connectivity index (χ3n) is 7.14. The van der Waals surface area contributed by atoms with Gasteiger partial charge in [-0.15, -0.1) is 0 Å². The van der Waals surface area contributed by atoms with Gasteiger partial charge in [0.15, 0.2) is 0 Å². The molecule has 13 heteroatoms. The van der Waals surface area contributed by atoms with E-state index < -0.39 is 38.2 Å². The number of carbonyl (C=O) groups excluding carboxylic acids is 3. The van der Waals surface area contributed by atoms with Crippen LogP contribution in [0.25, 0.3) is 10.9 Å². The van der Waals surface area contributed by atoms with Gasteiger partial charge in [0.25, 0.3) is 5.91 Å². The van der Waals surface area contributed by atoms with E-state index in [9.17, 15) is 27.2 Å². The fourth-order valence-electron chi connectivity index (χ4n) is 4.78. The third-order valence-corrected chi connectivity index (χ3v) is 8.05. The van der Waals surface area contributed by atoms with Crippen LogP contribution in [0.2, 0.25) is 0 Å². The second-order valence-corrected chi connectivity index (χ2v) is 12.9. The SMILES string of the molecule is CC(C)(C)C(=O)Nc1cc2ccccc2nc1COC(=O)N1CC2=C(C1)CN(C(=O)c1ccc(S(N)(=O)=O)cc1F)C2. The molecule has 0 radical (unpaired) electrons. The first-order chi connectivity index (χ1) is 19.7. The number of nitrogens with zero attached hydrogens (tertiary/aromatic N) is 3. The number of benzene rings is 2. The highest BCUT2D eigenvalue weighted by Gasteiger charge is 2.36. The Morgan fingerprint density at radius 3 is 2.26 bits per heavy atom. The summed E-state index contributed by atoms with van der Waals surface area (Å²) < 4.78 is 43.0. The van der Waals surface area contributed by atoms with Gasteiger partial charge in [-0.25, -0.2) is 27.7 Å². The molecule has 0 spiro atoms. The van der Waals surface area contributed by atoms with Crippen molar-refractivity contribution >= 4 is 44.5 Å². The van der Waals surface area contributed by atoms with Crippen molar-refractivity contribution in [1.29, 1.82) is 0 Å². The van der Waals surface area contributed by atoms with Crippen LogP contribution in [0.15, 0.2) is 64.6 Å². The van der Waals surface area contributed by atoms with Gasteiger partial charge in [-0.1, -0.05) is 39.0 Å². The van der Waals surface area contributed by atoms with Crippen LogP contribution in [0.1, 0.15) is 36.8 Å². The quantitative estimate of drug-likeness (QED) is 0.429. The van der Waals surface area contributed by atoms with E-state index in [1.165, 1.54) is 9.80 Å². The zero-order valence-electron chi connectivity index (χ0n) is 23.3. The maximum atomic E-state index is 14.5. The van der Waals surface area contributed by atoms with Gasteiger partial charge in [-0.3, -0.25) is 9.59 Å². The Hall–Kier alpha value is -4.36. The lowest BCUT2D eigenvalue weighted by molar-refractivity contribution is -0.123. The zero-order chi connectivity index (χ0) is 30.4. The first-order valence-corrected chi connectivity index (χ1v) is 14.7. The highest BCUT2D eigenvalue weighted by molar-refractivity contribution is 7.89. The number of primary sulfonamides is 1. The number of hydrogen-bond donors (Lipinski definition) is 2. The number of halogens is 1. The van der Waals surface area contributed by atoms with Crippen LogP contribution in [0.4, 0.5) is 14.9 Å². The van der Waals surface area contributed by atoms with Crippen molar-refractivity contribution in [3.05, 3.63) is 76.8 Å². The summed E-state index contributed by atoms with van der Waals surface area (Å²) in [6, 6.07) is 12.1. The number of aromatic nitrogens is 1. The monoisotopic (exact) mass is 595 g/mol. The number of amides is 3. The first kappa shape index (κ1) is 29.1. The number of nitrogens with two attached hydrogens (primary N) is 1. The molecule has 3 amide bonds. The molecule has 0 saturated carbocycles. The van der Waals surface area contributed by atoms with Crippen LogP contribution in [0.5, 0.6) is 0 Å². The third kappa shape index (κ3) is 5.97. The number of nitrogens with one attached hydrogen (secondary N) is 1. The van der Waals surface area contributed by atoms with E-state index in [4.69, 9.17) is 9.88 Å². The predicted molar refractivity (Wildman–Crippen MR) is 152 cm³/mol. The summed E-state index contributed by atoms with van der Waals surface area (Å²) in [6.45, 7) is 6.10. The number of fused-ring (bicyclic) bond motifs is 1. The molecule has 0 aliphatic carbocycles. The number of ether oxygens (including phenoxy) is 1. The zero-order valence-corrected chi connectivity index (χ0v) is 24.1. The minimum absolute atomic E-state index is 0.164. The Kier molecular flexibility index (Phi) is 7.50. The molecule has 0 saturated heterocycles. The fraction of sp³-hybridized carbons (Fsp3) is 0.310. The van der Waals surface area contributed by atoms with E-state index in [-0.39, 0.29) is 44.3 Å². The Balaban J connectivity index is 1.22. The lowest BCUT2D eigenvalue weighted by Crippen LogP contribution is -2.37. The second-order valence-electron chi connectivity index (χ2n) is 11.3. The maximum Gasteiger partial charge on any atom is 0.410 e. The Labute approximate surface area is 242 Å². The average Bonchev–Trinajstić information content (AvgIpc) is 3.50. The molecule has 11 nitrogen and oxygen atoms in total. The van der Waals surface area contributed by atoms with Crippen LogP contribution in [-0.2, 0) is 26.2 Å². The molecule has 0 unspecified atom stereocenters. The molecule has 3 heterocycles. The van der Waals surface area contributed by atoms with Gasteiger partial charge in [0, 0.05) is 37.0 Å². The summed E-state index contributed by atoms with van der Waals surface area (Å²) in [5, 5.41) is 8.76. The maximum absolute atomic E-state index is 14.5. The van der Waals surface area contributed by atoms with Crippen molar-refractivity contribution < 1.29 is 31.9 Å². The first-order valence-electron chi connectivity index (χ1n) is 13.1. The van der Waals surface area contributed by atoms with Gasteiger partial charge in [0.2, 0.25) is 15.9 Å². The molecule has 0 bridgehead atoms. The molecule has 0 fully saturated rings. The van der Waals surface area contributed by atoms with Crippen molar-refractivity contribution in [2.45, 2.75) is 32.3 Å². The van der Waals surface area contributed by atoms with Crippen LogP contribution in [0.3, 0.4) is 0 Å². The molecule has 3 N–H and O–H groups in total. The lowest BCUT2D eigenvalue weighted by Gasteiger charge is -2.23. The van der Waals surface area contributed by atoms with Gasteiger partial charge < -0.3 is 19.9 Å². The largest absolute Gasteiger partial charge is 0.443 e. The summed E-state index contributed by atoms with van der Waals surface area (Å²) in [5.74, 6) is -1.78. The van der Waals surface area contributed by atoms with E-state index in [0.717, 1.165) is 34.7 Å². The van der Waals surface area contributed by atoms with Gasteiger partial charge >= 0.3 is 6.09 Å². The van der Waals surface area contributed by atoms with Crippen molar-refractivity contribution in [2.24, 2.45) is 10.6 Å². The molecule has 42 heavy (non-hydrogen) atoms. The van der Waals surface area contributed by atoms with E-state index in [0.29, 0.717) is 16.9 Å². The van der Waals surface area contributed by atoms with Crippen molar-refractivity contribution in [3.8, 4) is 0 Å². The highest BCUT2D eigenvalue weighted by Crippen LogP contribution is 2.29. The molecule has 1 aromatic heterocycles. The minimum Gasteiger partial charge on any atom is -0.443 e.